The van der Waals surface area contributed by atoms with Gasteiger partial charge in [0.1, 0.15) is 16.2 Å². The summed E-state index contributed by atoms with van der Waals surface area (Å²) >= 11 is 3.40. The van der Waals surface area contributed by atoms with E-state index in [4.69, 9.17) is 0 Å². The van der Waals surface area contributed by atoms with E-state index >= 15 is 0 Å². The molecule has 0 spiro atoms. The van der Waals surface area contributed by atoms with E-state index in [1.54, 1.807) is 18.1 Å². The van der Waals surface area contributed by atoms with Gasteiger partial charge in [0.15, 0.2) is 0 Å². The highest BCUT2D eigenvalue weighted by Gasteiger charge is 2.32. The van der Waals surface area contributed by atoms with Gasteiger partial charge in [-0.05, 0) is 60.6 Å². The van der Waals surface area contributed by atoms with Crippen LogP contribution in [0.1, 0.15) is 49.6 Å². The number of carbonyl (C=O) groups is 1. The molecule has 1 aromatic carbocycles. The number of hydrogen-bond acceptors (Lipinski definition) is 5. The highest BCUT2D eigenvalue weighted by Crippen LogP contribution is 2.44. The normalized spacial score (nSPS) is 18.7. The molecule has 0 fully saturated rings. The summed E-state index contributed by atoms with van der Waals surface area (Å²) in [5, 5.41) is 2.17. The van der Waals surface area contributed by atoms with Crippen LogP contribution in [0.5, 0.6) is 0 Å². The summed E-state index contributed by atoms with van der Waals surface area (Å²) in [5.41, 5.74) is 4.11. The maximum absolute atomic E-state index is 13.1. The number of amides is 1. The molecular weight excluding hydrogens is 422 g/mol. The maximum atomic E-state index is 13.1. The van der Waals surface area contributed by atoms with Gasteiger partial charge in [0, 0.05) is 22.5 Å². The minimum absolute atomic E-state index is 0.167. The summed E-state index contributed by atoms with van der Waals surface area (Å²) in [7, 11) is 0. The van der Waals surface area contributed by atoms with Crippen LogP contribution < -0.4 is 4.90 Å². The van der Waals surface area contributed by atoms with Gasteiger partial charge >= 0.3 is 0 Å². The number of benzene rings is 1. The van der Waals surface area contributed by atoms with Gasteiger partial charge < -0.3 is 4.90 Å². The van der Waals surface area contributed by atoms with Crippen LogP contribution in [0, 0.1) is 11.3 Å². The number of thioether (sulfide) groups is 1. The van der Waals surface area contributed by atoms with Crippen molar-refractivity contribution >= 4 is 44.9 Å². The molecule has 6 heteroatoms. The fourth-order valence-electron chi connectivity index (χ4n) is 4.93. The lowest BCUT2D eigenvalue weighted by atomic mass is 9.72. The Morgan fingerprint density at radius 1 is 1.23 bits per heavy atom. The summed E-state index contributed by atoms with van der Waals surface area (Å²) in [4.78, 5) is 26.8. The average Bonchev–Trinajstić information content (AvgIpc) is 3.15. The molecule has 3 aromatic rings. The van der Waals surface area contributed by atoms with Crippen molar-refractivity contribution in [3.8, 4) is 0 Å². The molecular formula is C25H29N3OS2. The third kappa shape index (κ3) is 4.00. The van der Waals surface area contributed by atoms with E-state index in [0.29, 0.717) is 17.1 Å². The lowest BCUT2D eigenvalue weighted by molar-refractivity contribution is -0.116. The fraction of sp³-hybridized carbons (Fsp3) is 0.480. The van der Waals surface area contributed by atoms with Crippen LogP contribution in [0.25, 0.3) is 10.2 Å². The molecule has 1 amide bonds. The van der Waals surface area contributed by atoms with Crippen LogP contribution in [0.2, 0.25) is 0 Å². The van der Waals surface area contributed by atoms with Gasteiger partial charge in [-0.3, -0.25) is 4.79 Å². The first kappa shape index (κ1) is 21.0. The Morgan fingerprint density at radius 2 is 2.06 bits per heavy atom. The Hall–Kier alpha value is -1.92. The third-order valence-electron chi connectivity index (χ3n) is 6.78. The molecule has 2 aromatic heterocycles. The lowest BCUT2D eigenvalue weighted by Crippen LogP contribution is -2.36. The second-order valence-electron chi connectivity index (χ2n) is 9.73. The zero-order valence-electron chi connectivity index (χ0n) is 18.5. The maximum Gasteiger partial charge on any atom is 0.237 e. The van der Waals surface area contributed by atoms with Gasteiger partial charge in [-0.1, -0.05) is 50.7 Å². The molecule has 0 N–H and O–H groups in total. The Morgan fingerprint density at radius 3 is 2.90 bits per heavy atom. The van der Waals surface area contributed by atoms with E-state index in [1.165, 1.54) is 27.8 Å². The lowest BCUT2D eigenvalue weighted by Gasteiger charge is -2.33. The van der Waals surface area contributed by atoms with Crippen molar-refractivity contribution in [1.29, 1.82) is 0 Å². The van der Waals surface area contributed by atoms with Gasteiger partial charge in [-0.25, -0.2) is 9.97 Å². The minimum atomic E-state index is 0.167. The SMILES string of the molecule is CC(C)(C)[C@@H]1CCc2c(sc3ncnc(SCC(=O)N4CCCc5ccccc54)c23)C1. The van der Waals surface area contributed by atoms with Crippen LogP contribution in [0.4, 0.5) is 5.69 Å². The summed E-state index contributed by atoms with van der Waals surface area (Å²) in [6.45, 7) is 7.85. The number of hydrogen-bond donors (Lipinski definition) is 0. The number of nitrogens with zero attached hydrogens (tertiary/aromatic N) is 3. The molecule has 5 rings (SSSR count). The highest BCUT2D eigenvalue weighted by atomic mass is 32.2. The first-order valence-corrected chi connectivity index (χ1v) is 13.0. The second-order valence-corrected chi connectivity index (χ2v) is 11.8. The third-order valence-corrected chi connectivity index (χ3v) is 8.92. The number of aromatic nitrogens is 2. The van der Waals surface area contributed by atoms with Gasteiger partial charge in [0.2, 0.25) is 5.91 Å². The van der Waals surface area contributed by atoms with Gasteiger partial charge in [0.05, 0.1) is 5.75 Å². The standard InChI is InChI=1S/C25H29N3OS2/c1-25(2,3)17-10-11-18-20(13-17)31-24-22(18)23(26-15-27-24)30-14-21(29)28-12-6-8-16-7-4-5-9-19(16)28/h4-5,7,9,15,17H,6,8,10-14H2,1-3H3/t17-/m1/s1. The van der Waals surface area contributed by atoms with Crippen LogP contribution in [-0.2, 0) is 24.1 Å². The molecule has 0 bridgehead atoms. The van der Waals surface area contributed by atoms with Crippen LogP contribution >= 0.6 is 23.1 Å². The summed E-state index contributed by atoms with van der Waals surface area (Å²) in [5.74, 6) is 1.29. The summed E-state index contributed by atoms with van der Waals surface area (Å²) < 4.78 is 0. The Labute approximate surface area is 192 Å². The quantitative estimate of drug-likeness (QED) is 0.367. The van der Waals surface area contributed by atoms with Crippen LogP contribution in [-0.4, -0.2) is 28.2 Å². The van der Waals surface area contributed by atoms with E-state index < -0.39 is 0 Å². The molecule has 2 aliphatic rings. The number of anilines is 1. The minimum Gasteiger partial charge on any atom is -0.311 e. The first-order chi connectivity index (χ1) is 14.9. The molecule has 0 saturated carbocycles. The van der Waals surface area contributed by atoms with Crippen LogP contribution in [0.3, 0.4) is 0 Å². The van der Waals surface area contributed by atoms with Gasteiger partial charge in [-0.2, -0.15) is 0 Å². The van der Waals surface area contributed by atoms with Crippen LogP contribution in [0.15, 0.2) is 35.6 Å². The monoisotopic (exact) mass is 451 g/mol. The topological polar surface area (TPSA) is 46.1 Å². The average molecular weight is 452 g/mol. The molecule has 3 heterocycles. The van der Waals surface area contributed by atoms with Crippen molar-refractivity contribution in [1.82, 2.24) is 9.97 Å². The molecule has 0 radical (unpaired) electrons. The first-order valence-electron chi connectivity index (χ1n) is 11.2. The Balaban J connectivity index is 1.37. The number of thiophene rings is 1. The predicted molar refractivity (Wildman–Crippen MR) is 130 cm³/mol. The highest BCUT2D eigenvalue weighted by molar-refractivity contribution is 8.00. The van der Waals surface area contributed by atoms with E-state index in [1.807, 2.05) is 22.3 Å². The number of aryl methyl sites for hydroxylation is 2. The molecule has 4 nitrogen and oxygen atoms in total. The van der Waals surface area contributed by atoms with Crippen molar-refractivity contribution in [2.24, 2.45) is 11.3 Å². The zero-order chi connectivity index (χ0) is 21.6. The van der Waals surface area contributed by atoms with Crippen molar-refractivity contribution in [3.63, 3.8) is 0 Å². The summed E-state index contributed by atoms with van der Waals surface area (Å²) in [6, 6.07) is 8.29. The van der Waals surface area contributed by atoms with Crippen molar-refractivity contribution in [2.75, 3.05) is 17.2 Å². The molecule has 0 saturated heterocycles. The molecule has 31 heavy (non-hydrogen) atoms. The molecule has 0 unspecified atom stereocenters. The molecule has 1 aliphatic carbocycles. The van der Waals surface area contributed by atoms with E-state index in [0.717, 1.165) is 47.8 Å². The zero-order valence-corrected chi connectivity index (χ0v) is 20.1. The Kier molecular flexibility index (Phi) is 5.55. The second kappa shape index (κ2) is 8.21. The molecule has 1 aliphatic heterocycles. The molecule has 1 atom stereocenters. The van der Waals surface area contributed by atoms with E-state index in [9.17, 15) is 4.79 Å². The predicted octanol–water partition coefficient (Wildman–Crippen LogP) is 5.91. The van der Waals surface area contributed by atoms with E-state index in [-0.39, 0.29) is 5.91 Å². The van der Waals surface area contributed by atoms with Gasteiger partial charge in [0.25, 0.3) is 0 Å². The van der Waals surface area contributed by atoms with Crippen molar-refractivity contribution in [3.05, 3.63) is 46.6 Å². The largest absolute Gasteiger partial charge is 0.311 e. The van der Waals surface area contributed by atoms with Crippen molar-refractivity contribution < 1.29 is 4.79 Å². The number of para-hydroxylation sites is 1. The summed E-state index contributed by atoms with van der Waals surface area (Å²) in [6.07, 6.45) is 7.17. The smallest absolute Gasteiger partial charge is 0.237 e. The number of fused-ring (bicyclic) bond motifs is 4. The molecule has 162 valence electrons. The van der Waals surface area contributed by atoms with Crippen molar-refractivity contribution in [2.45, 2.75) is 57.9 Å². The number of rotatable bonds is 3. The number of carbonyl (C=O) groups excluding carboxylic acids is 1. The van der Waals surface area contributed by atoms with E-state index in [2.05, 4.69) is 48.9 Å². The Bertz CT molecular complexity index is 1130. The fourth-order valence-corrected chi connectivity index (χ4v) is 7.16. The van der Waals surface area contributed by atoms with Gasteiger partial charge in [-0.15, -0.1) is 11.3 Å².